The highest BCUT2D eigenvalue weighted by Gasteiger charge is 2.22. The highest BCUT2D eigenvalue weighted by Crippen LogP contribution is 2.38. The van der Waals surface area contributed by atoms with E-state index >= 15 is 0 Å². The topological polar surface area (TPSA) is 111 Å². The van der Waals surface area contributed by atoms with Crippen LogP contribution in [0.2, 0.25) is 0 Å². The Balaban J connectivity index is 3.84. The highest BCUT2D eigenvalue weighted by atomic mass is 31.2. The van der Waals surface area contributed by atoms with Gasteiger partial charge in [-0.3, -0.25) is 14.2 Å². The predicted octanol–water partition coefficient (Wildman–Crippen LogP) is 27.8. The van der Waals surface area contributed by atoms with Gasteiger partial charge in [0.1, 0.15) is 19.8 Å². The Morgan fingerprint density at radius 1 is 0.287 bits per heavy atom. The Morgan fingerprint density at radius 3 is 0.681 bits per heavy atom. The first kappa shape index (κ1) is 93.0. The van der Waals surface area contributed by atoms with E-state index in [-0.39, 0.29) is 32.0 Å². The number of hydrogen-bond acceptors (Lipinski definition) is 8. The van der Waals surface area contributed by atoms with Crippen LogP contribution in [0.15, 0.2) is 0 Å². The van der Waals surface area contributed by atoms with Crippen LogP contribution in [0.5, 0.6) is 0 Å². The predicted molar refractivity (Wildman–Crippen MR) is 407 cm³/mol. The third kappa shape index (κ3) is 80.0. The molecule has 0 bridgehead atoms. The van der Waals surface area contributed by atoms with Crippen molar-refractivity contribution in [2.24, 2.45) is 0 Å². The number of phosphoric ester groups is 1. The first-order chi connectivity index (χ1) is 46.0. The molecule has 0 aromatic rings. The Hall–Kier alpha value is -0.990. The second kappa shape index (κ2) is 76.2. The van der Waals surface area contributed by atoms with Crippen molar-refractivity contribution in [1.82, 2.24) is 0 Å². The Kier molecular flexibility index (Phi) is 75.4. The molecule has 0 saturated carbocycles. The molecule has 9 nitrogen and oxygen atoms in total. The zero-order valence-corrected chi connectivity index (χ0v) is 65.4. The number of esters is 2. The molecule has 0 rings (SSSR count). The zero-order chi connectivity index (χ0) is 68.3. The fourth-order valence-corrected chi connectivity index (χ4v) is 14.3. The molecule has 0 heterocycles. The second-order valence-corrected chi connectivity index (χ2v) is 32.3. The monoisotopic (exact) mass is 1350 g/mol. The minimum Gasteiger partial charge on any atom is -0.756 e. The van der Waals surface area contributed by atoms with Gasteiger partial charge in [0.15, 0.2) is 6.10 Å². The van der Waals surface area contributed by atoms with Crippen molar-refractivity contribution in [3.63, 3.8) is 0 Å². The van der Waals surface area contributed by atoms with Gasteiger partial charge >= 0.3 is 11.9 Å². The van der Waals surface area contributed by atoms with Gasteiger partial charge in [0.25, 0.3) is 7.82 Å². The summed E-state index contributed by atoms with van der Waals surface area (Å²) in [4.78, 5) is 38.2. The quantitative estimate of drug-likeness (QED) is 0.0256. The molecule has 0 aromatic heterocycles. The fourth-order valence-electron chi connectivity index (χ4n) is 13.6. The summed E-state index contributed by atoms with van der Waals surface area (Å²) in [6, 6.07) is 0. The lowest BCUT2D eigenvalue weighted by atomic mass is 10.0. The van der Waals surface area contributed by atoms with Crippen LogP contribution >= 0.6 is 7.82 Å². The number of quaternary nitrogens is 1. The van der Waals surface area contributed by atoms with E-state index < -0.39 is 26.5 Å². The summed E-state index contributed by atoms with van der Waals surface area (Å²) in [6.07, 6.45) is 95.5. The van der Waals surface area contributed by atoms with Crippen molar-refractivity contribution < 1.29 is 42.1 Å². The van der Waals surface area contributed by atoms with Gasteiger partial charge in [-0.05, 0) is 12.8 Å². The van der Waals surface area contributed by atoms with Gasteiger partial charge in [-0.1, -0.05) is 450 Å². The average Bonchev–Trinajstić information content (AvgIpc) is 1.56. The number of ether oxygens (including phenoxy) is 2. The summed E-state index contributed by atoms with van der Waals surface area (Å²) in [6.45, 7) is 4.36. The molecule has 94 heavy (non-hydrogen) atoms. The number of likely N-dealkylation sites (N-methyl/N-ethyl adjacent to an activating group) is 1. The summed E-state index contributed by atoms with van der Waals surface area (Å²) in [5.74, 6) is -0.799. The van der Waals surface area contributed by atoms with Crippen molar-refractivity contribution in [3.8, 4) is 0 Å². The van der Waals surface area contributed by atoms with Gasteiger partial charge in [0, 0.05) is 12.8 Å². The summed E-state index contributed by atoms with van der Waals surface area (Å²) < 4.78 is 34.5. The molecule has 0 aliphatic heterocycles. The fraction of sp³-hybridized carbons (Fsp3) is 0.976. The Morgan fingerprint density at radius 2 is 0.479 bits per heavy atom. The maximum Gasteiger partial charge on any atom is 0.306 e. The molecule has 562 valence electrons. The van der Waals surface area contributed by atoms with Crippen LogP contribution in [0.25, 0.3) is 0 Å². The largest absolute Gasteiger partial charge is 0.756 e. The molecule has 0 radical (unpaired) electrons. The maximum absolute atomic E-state index is 12.9. The van der Waals surface area contributed by atoms with E-state index in [1.54, 1.807) is 0 Å². The van der Waals surface area contributed by atoms with E-state index in [2.05, 4.69) is 13.8 Å². The first-order valence-electron chi connectivity index (χ1n) is 42.7. The Bertz CT molecular complexity index is 1540. The van der Waals surface area contributed by atoms with Crippen molar-refractivity contribution in [2.45, 2.75) is 482 Å². The van der Waals surface area contributed by atoms with E-state index in [1.807, 2.05) is 21.1 Å². The lowest BCUT2D eigenvalue weighted by molar-refractivity contribution is -0.870. The maximum atomic E-state index is 12.9. The van der Waals surface area contributed by atoms with Gasteiger partial charge in [0.05, 0.1) is 27.7 Å². The van der Waals surface area contributed by atoms with E-state index in [0.29, 0.717) is 17.4 Å². The summed E-state index contributed by atoms with van der Waals surface area (Å²) in [7, 11) is 1.20. The zero-order valence-electron chi connectivity index (χ0n) is 64.5. The van der Waals surface area contributed by atoms with E-state index in [9.17, 15) is 19.0 Å². The van der Waals surface area contributed by atoms with Gasteiger partial charge in [-0.25, -0.2) is 0 Å². The van der Waals surface area contributed by atoms with Crippen molar-refractivity contribution >= 4 is 19.8 Å². The van der Waals surface area contributed by atoms with Crippen LogP contribution in [0.4, 0.5) is 0 Å². The van der Waals surface area contributed by atoms with Crippen LogP contribution < -0.4 is 4.89 Å². The smallest absolute Gasteiger partial charge is 0.306 e. The second-order valence-electron chi connectivity index (χ2n) is 30.9. The molecule has 0 N–H and O–H groups in total. The number of phosphoric acid groups is 1. The molecule has 10 heteroatoms. The molecular formula is C84H168NO8P. The number of carbonyl (C=O) groups is 2. The molecule has 0 aromatic carbocycles. The normalized spacial score (nSPS) is 12.9. The van der Waals surface area contributed by atoms with Crippen molar-refractivity contribution in [3.05, 3.63) is 0 Å². The molecule has 0 spiro atoms. The Labute approximate surface area is 588 Å². The van der Waals surface area contributed by atoms with E-state index in [1.165, 1.54) is 411 Å². The van der Waals surface area contributed by atoms with E-state index in [0.717, 1.165) is 32.1 Å². The standard InChI is InChI=1S/C84H168NO8P/c1-6-8-10-12-14-16-18-20-22-24-26-28-30-32-34-36-38-40-41-42-43-44-45-47-49-51-53-55-57-59-61-63-65-67-69-71-73-75-77-84(87)93-82(81-92-94(88,89)91-79-78-85(3,4)5)80-90-83(86)76-74-72-70-68-66-64-62-60-58-56-54-52-50-48-46-39-37-35-33-31-29-27-25-23-21-19-17-15-13-11-9-7-2/h82H,6-81H2,1-5H3. The summed E-state index contributed by atoms with van der Waals surface area (Å²) in [5, 5.41) is 0. The molecule has 0 aliphatic rings. The molecule has 2 atom stereocenters. The molecule has 0 saturated heterocycles. The van der Waals surface area contributed by atoms with Gasteiger partial charge < -0.3 is 27.9 Å². The lowest BCUT2D eigenvalue weighted by Gasteiger charge is -2.28. The van der Waals surface area contributed by atoms with Crippen LogP contribution in [-0.4, -0.2) is 70.0 Å². The van der Waals surface area contributed by atoms with Gasteiger partial charge in [-0.15, -0.1) is 0 Å². The SMILES string of the molecule is CCCCCCCCCCCCCCCCCCCCCCCCCCCCCCCCCCCCCCCCC(=O)OC(COC(=O)CCCCCCCCCCCCCCCCCCCCCCCCCCCCCCCCCC)COP(=O)([O-])OCC[N+](C)(C)C. The third-order valence-corrected chi connectivity index (χ3v) is 21.1. The number of hydrogen-bond donors (Lipinski definition) is 0. The van der Waals surface area contributed by atoms with Gasteiger partial charge in [-0.2, -0.15) is 0 Å². The van der Waals surface area contributed by atoms with Crippen LogP contribution in [-0.2, 0) is 32.7 Å². The average molecular weight is 1350 g/mol. The first-order valence-corrected chi connectivity index (χ1v) is 44.2. The molecule has 0 amide bonds. The molecule has 2 unspecified atom stereocenters. The number of carbonyl (C=O) groups excluding carboxylic acids is 2. The minimum absolute atomic E-state index is 0.0246. The van der Waals surface area contributed by atoms with Crippen LogP contribution in [0.1, 0.15) is 476 Å². The number of rotatable bonds is 82. The van der Waals surface area contributed by atoms with E-state index in [4.69, 9.17) is 18.5 Å². The van der Waals surface area contributed by atoms with Gasteiger partial charge in [0.2, 0.25) is 0 Å². The minimum atomic E-state index is -4.64. The van der Waals surface area contributed by atoms with Crippen molar-refractivity contribution in [2.75, 3.05) is 47.5 Å². The van der Waals surface area contributed by atoms with Crippen LogP contribution in [0.3, 0.4) is 0 Å². The molecule has 0 aliphatic carbocycles. The number of unbranched alkanes of at least 4 members (excludes halogenated alkanes) is 68. The van der Waals surface area contributed by atoms with Crippen LogP contribution in [0, 0.1) is 0 Å². The van der Waals surface area contributed by atoms with Crippen molar-refractivity contribution in [1.29, 1.82) is 0 Å². The molecule has 0 fully saturated rings. The third-order valence-electron chi connectivity index (χ3n) is 20.1. The summed E-state index contributed by atoms with van der Waals surface area (Å²) >= 11 is 0. The molecular weight excluding hydrogens is 1180 g/mol. The lowest BCUT2D eigenvalue weighted by Crippen LogP contribution is -2.37. The summed E-state index contributed by atoms with van der Waals surface area (Å²) in [5.41, 5.74) is 0. The number of nitrogens with zero attached hydrogens (tertiary/aromatic N) is 1. The highest BCUT2D eigenvalue weighted by molar-refractivity contribution is 7.45.